The number of ether oxygens (including phenoxy) is 1. The van der Waals surface area contributed by atoms with Crippen LogP contribution in [-0.2, 0) is 4.79 Å². The normalized spacial score (nSPS) is 18.1. The molecule has 114 valence electrons. The van der Waals surface area contributed by atoms with E-state index < -0.39 is 12.6 Å². The number of benzene rings is 1. The lowest BCUT2D eigenvalue weighted by molar-refractivity contribution is -0.139. The molecule has 0 bridgehead atoms. The fourth-order valence-corrected chi connectivity index (χ4v) is 3.03. The standard InChI is InChI=1S/C14H18N2O4S/c1-10-8-16(5-6-21-10)14(19)15-11-3-2-4-12(7-11)20-9-13(17)18/h2-4,7,10H,5-6,8-9H2,1H3,(H,15,19)(H,17,18). The molecule has 7 heteroatoms. The smallest absolute Gasteiger partial charge is 0.341 e. The first-order chi connectivity index (χ1) is 10.0. The zero-order valence-electron chi connectivity index (χ0n) is 11.7. The summed E-state index contributed by atoms with van der Waals surface area (Å²) >= 11 is 1.86. The Kier molecular flexibility index (Phi) is 5.32. The number of carboxylic acids is 1. The molecule has 6 nitrogen and oxygen atoms in total. The molecule has 1 aliphatic heterocycles. The first kappa shape index (κ1) is 15.5. The van der Waals surface area contributed by atoms with E-state index in [0.29, 0.717) is 16.7 Å². The molecule has 1 heterocycles. The number of carbonyl (C=O) groups is 2. The van der Waals surface area contributed by atoms with Gasteiger partial charge >= 0.3 is 12.0 Å². The Morgan fingerprint density at radius 2 is 2.33 bits per heavy atom. The first-order valence-corrected chi connectivity index (χ1v) is 7.71. The second kappa shape index (κ2) is 7.21. The number of amides is 2. The van der Waals surface area contributed by atoms with Gasteiger partial charge in [0.15, 0.2) is 6.61 Å². The molecular formula is C14H18N2O4S. The van der Waals surface area contributed by atoms with Gasteiger partial charge in [0.1, 0.15) is 5.75 Å². The maximum absolute atomic E-state index is 12.2. The molecule has 0 aromatic heterocycles. The Morgan fingerprint density at radius 1 is 1.52 bits per heavy atom. The van der Waals surface area contributed by atoms with E-state index >= 15 is 0 Å². The zero-order chi connectivity index (χ0) is 15.2. The Hall–Kier alpha value is -1.89. The summed E-state index contributed by atoms with van der Waals surface area (Å²) in [6, 6.07) is 6.58. The van der Waals surface area contributed by atoms with Crippen molar-refractivity contribution in [1.29, 1.82) is 0 Å². The van der Waals surface area contributed by atoms with E-state index in [2.05, 4.69) is 12.2 Å². The topological polar surface area (TPSA) is 78.9 Å². The number of hydrogen-bond acceptors (Lipinski definition) is 4. The molecule has 0 saturated carbocycles. The summed E-state index contributed by atoms with van der Waals surface area (Å²) < 4.78 is 5.08. The van der Waals surface area contributed by atoms with Gasteiger partial charge in [0.2, 0.25) is 0 Å². The van der Waals surface area contributed by atoms with Crippen molar-refractivity contribution in [2.24, 2.45) is 0 Å². The van der Waals surface area contributed by atoms with Crippen molar-refractivity contribution < 1.29 is 19.4 Å². The van der Waals surface area contributed by atoms with Gasteiger partial charge in [-0.05, 0) is 12.1 Å². The van der Waals surface area contributed by atoms with Crippen LogP contribution in [0.25, 0.3) is 0 Å². The Balaban J connectivity index is 1.94. The van der Waals surface area contributed by atoms with Gasteiger partial charge in [-0.2, -0.15) is 11.8 Å². The van der Waals surface area contributed by atoms with Gasteiger partial charge in [0, 0.05) is 35.8 Å². The molecule has 0 aliphatic carbocycles. The van der Waals surface area contributed by atoms with E-state index in [1.165, 1.54) is 0 Å². The number of thioether (sulfide) groups is 1. The van der Waals surface area contributed by atoms with Crippen LogP contribution in [-0.4, -0.2) is 52.7 Å². The van der Waals surface area contributed by atoms with Gasteiger partial charge in [-0.15, -0.1) is 0 Å². The number of urea groups is 1. The number of aliphatic carboxylic acids is 1. The average Bonchev–Trinajstić information content (AvgIpc) is 2.45. The van der Waals surface area contributed by atoms with Crippen LogP contribution in [0, 0.1) is 0 Å². The molecule has 0 radical (unpaired) electrons. The number of carboxylic acid groups (broad SMARTS) is 1. The van der Waals surface area contributed by atoms with Gasteiger partial charge in [-0.1, -0.05) is 13.0 Å². The molecule has 1 aliphatic rings. The summed E-state index contributed by atoms with van der Waals surface area (Å²) in [6.07, 6.45) is 0. The highest BCUT2D eigenvalue weighted by atomic mass is 32.2. The highest BCUT2D eigenvalue weighted by molar-refractivity contribution is 7.99. The SMILES string of the molecule is CC1CN(C(=O)Nc2cccc(OCC(=O)O)c2)CCS1. The molecule has 1 saturated heterocycles. The quantitative estimate of drug-likeness (QED) is 0.890. The molecule has 1 aromatic rings. The van der Waals surface area contributed by atoms with Crippen molar-refractivity contribution in [2.45, 2.75) is 12.2 Å². The fraction of sp³-hybridized carbons (Fsp3) is 0.429. The first-order valence-electron chi connectivity index (χ1n) is 6.67. The van der Waals surface area contributed by atoms with Gasteiger partial charge in [0.05, 0.1) is 0 Å². The minimum Gasteiger partial charge on any atom is -0.482 e. The molecule has 1 unspecified atom stereocenters. The third kappa shape index (κ3) is 4.86. The van der Waals surface area contributed by atoms with Gasteiger partial charge in [-0.3, -0.25) is 0 Å². The minimum atomic E-state index is -1.04. The van der Waals surface area contributed by atoms with Crippen molar-refractivity contribution in [2.75, 3.05) is 30.8 Å². The number of nitrogens with one attached hydrogen (secondary N) is 1. The van der Waals surface area contributed by atoms with Crippen LogP contribution in [0.3, 0.4) is 0 Å². The number of anilines is 1. The number of nitrogens with zero attached hydrogens (tertiary/aromatic N) is 1. The largest absolute Gasteiger partial charge is 0.482 e. The van der Waals surface area contributed by atoms with Gasteiger partial charge < -0.3 is 20.1 Å². The van der Waals surface area contributed by atoms with E-state index in [4.69, 9.17) is 9.84 Å². The molecule has 21 heavy (non-hydrogen) atoms. The second-order valence-electron chi connectivity index (χ2n) is 4.77. The predicted octanol–water partition coefficient (Wildman–Crippen LogP) is 2.12. The van der Waals surface area contributed by atoms with Crippen molar-refractivity contribution in [3.05, 3.63) is 24.3 Å². The van der Waals surface area contributed by atoms with Gasteiger partial charge in [0.25, 0.3) is 0 Å². The highest BCUT2D eigenvalue weighted by Gasteiger charge is 2.21. The lowest BCUT2D eigenvalue weighted by Crippen LogP contribution is -2.43. The summed E-state index contributed by atoms with van der Waals surface area (Å²) in [4.78, 5) is 24.4. The van der Waals surface area contributed by atoms with E-state index in [1.807, 2.05) is 11.8 Å². The van der Waals surface area contributed by atoms with Crippen molar-refractivity contribution in [1.82, 2.24) is 4.90 Å². The Bertz CT molecular complexity index is 523. The van der Waals surface area contributed by atoms with Crippen LogP contribution in [0.15, 0.2) is 24.3 Å². The van der Waals surface area contributed by atoms with Crippen molar-refractivity contribution >= 4 is 29.4 Å². The molecule has 1 fully saturated rings. The van der Waals surface area contributed by atoms with Crippen LogP contribution in [0.1, 0.15) is 6.92 Å². The minimum absolute atomic E-state index is 0.141. The monoisotopic (exact) mass is 310 g/mol. The summed E-state index contributed by atoms with van der Waals surface area (Å²) in [7, 11) is 0. The number of carbonyl (C=O) groups excluding carboxylic acids is 1. The predicted molar refractivity (Wildman–Crippen MR) is 82.1 cm³/mol. The van der Waals surface area contributed by atoms with Crippen LogP contribution >= 0.6 is 11.8 Å². The van der Waals surface area contributed by atoms with Crippen LogP contribution in [0.4, 0.5) is 10.5 Å². The molecule has 2 rings (SSSR count). The molecule has 2 N–H and O–H groups in total. The van der Waals surface area contributed by atoms with Crippen LogP contribution in [0.2, 0.25) is 0 Å². The van der Waals surface area contributed by atoms with Crippen LogP contribution < -0.4 is 10.1 Å². The van der Waals surface area contributed by atoms with Crippen molar-refractivity contribution in [3.8, 4) is 5.75 Å². The highest BCUT2D eigenvalue weighted by Crippen LogP contribution is 2.20. The zero-order valence-corrected chi connectivity index (χ0v) is 12.6. The summed E-state index contributed by atoms with van der Waals surface area (Å²) in [5, 5.41) is 11.8. The van der Waals surface area contributed by atoms with Crippen molar-refractivity contribution in [3.63, 3.8) is 0 Å². The lowest BCUT2D eigenvalue weighted by atomic mass is 10.3. The van der Waals surface area contributed by atoms with Gasteiger partial charge in [-0.25, -0.2) is 9.59 Å². The Morgan fingerprint density at radius 3 is 3.05 bits per heavy atom. The maximum atomic E-state index is 12.2. The summed E-state index contributed by atoms with van der Waals surface area (Å²) in [6.45, 7) is 3.16. The van der Waals surface area contributed by atoms with E-state index in [9.17, 15) is 9.59 Å². The number of hydrogen-bond donors (Lipinski definition) is 2. The summed E-state index contributed by atoms with van der Waals surface area (Å²) in [5.41, 5.74) is 0.591. The molecule has 1 aromatic carbocycles. The number of rotatable bonds is 4. The van der Waals surface area contributed by atoms with E-state index in [-0.39, 0.29) is 6.03 Å². The molecule has 2 amide bonds. The van der Waals surface area contributed by atoms with Crippen LogP contribution in [0.5, 0.6) is 5.75 Å². The second-order valence-corrected chi connectivity index (χ2v) is 6.31. The lowest BCUT2D eigenvalue weighted by Gasteiger charge is -2.30. The molecular weight excluding hydrogens is 292 g/mol. The Labute approximate surface area is 127 Å². The summed E-state index contributed by atoms with van der Waals surface area (Å²) in [5.74, 6) is 0.318. The van der Waals surface area contributed by atoms with E-state index in [0.717, 1.165) is 18.8 Å². The maximum Gasteiger partial charge on any atom is 0.341 e. The van der Waals surface area contributed by atoms with E-state index in [1.54, 1.807) is 29.2 Å². The molecule has 0 spiro atoms. The third-order valence-electron chi connectivity index (χ3n) is 2.98. The third-order valence-corrected chi connectivity index (χ3v) is 4.11. The average molecular weight is 310 g/mol. The molecule has 1 atom stereocenters. The fourth-order valence-electron chi connectivity index (χ4n) is 2.01.